The first-order valence-corrected chi connectivity index (χ1v) is 15.5. The molecular weight excluding hydrogens is 633 g/mol. The van der Waals surface area contributed by atoms with Gasteiger partial charge >= 0.3 is 6.16 Å². The minimum absolute atomic E-state index is 0. The summed E-state index contributed by atoms with van der Waals surface area (Å²) in [7, 11) is 5.73. The number of carbonyl (C=O) groups excluding carboxylic acids is 1. The lowest BCUT2D eigenvalue weighted by Gasteiger charge is -2.23. The Morgan fingerprint density at radius 3 is 2.35 bits per heavy atom. The molecule has 10 nitrogen and oxygen atoms in total. The molecule has 0 unspecified atom stereocenters. The van der Waals surface area contributed by atoms with Gasteiger partial charge in [0.15, 0.2) is 0 Å². The van der Waals surface area contributed by atoms with Gasteiger partial charge in [0.2, 0.25) is 0 Å². The summed E-state index contributed by atoms with van der Waals surface area (Å²) in [5, 5.41) is 17.7. The van der Waals surface area contributed by atoms with E-state index in [1.165, 1.54) is 6.42 Å². The zero-order chi connectivity index (χ0) is 32.8. The second-order valence-electron chi connectivity index (χ2n) is 11.2. The summed E-state index contributed by atoms with van der Waals surface area (Å²) in [5.41, 5.74) is 4.85. The third kappa shape index (κ3) is 12.3. The van der Waals surface area contributed by atoms with Crippen LogP contribution in [0.4, 0.5) is 4.79 Å². The van der Waals surface area contributed by atoms with Crippen molar-refractivity contribution in [3.8, 4) is 33.9 Å². The number of ether oxygens (including phenoxy) is 3. The van der Waals surface area contributed by atoms with Gasteiger partial charge in [-0.15, -0.1) is 12.4 Å². The fourth-order valence-electron chi connectivity index (χ4n) is 5.08. The van der Waals surface area contributed by atoms with E-state index >= 15 is 0 Å². The second-order valence-corrected chi connectivity index (χ2v) is 11.6. The van der Waals surface area contributed by atoms with E-state index < -0.39 is 6.16 Å². The maximum Gasteiger partial charge on any atom is 0.503 e. The van der Waals surface area contributed by atoms with E-state index in [1.54, 1.807) is 7.11 Å². The summed E-state index contributed by atoms with van der Waals surface area (Å²) < 4.78 is 17.1. The number of carbonyl (C=O) groups is 2. The monoisotopic (exact) mass is 677 g/mol. The van der Waals surface area contributed by atoms with Crippen molar-refractivity contribution in [1.82, 2.24) is 15.2 Å². The molecule has 252 valence electrons. The number of carboxylic acid groups (broad SMARTS) is 2. The number of nitrogens with one attached hydrogen (secondary N) is 1. The van der Waals surface area contributed by atoms with Crippen molar-refractivity contribution in [2.75, 3.05) is 47.6 Å². The van der Waals surface area contributed by atoms with E-state index in [2.05, 4.69) is 17.1 Å². The van der Waals surface area contributed by atoms with Gasteiger partial charge in [-0.2, -0.15) is 0 Å². The Balaban J connectivity index is 0.00000139. The molecule has 0 radical (unpaired) electrons. The Morgan fingerprint density at radius 2 is 1.67 bits per heavy atom. The Hall–Kier alpha value is -3.57. The molecule has 1 aromatic heterocycles. The minimum Gasteiger partial charge on any atom is -0.492 e. The number of benzene rings is 2. The van der Waals surface area contributed by atoms with Gasteiger partial charge in [0.25, 0.3) is 5.91 Å². The number of halogens is 2. The summed E-state index contributed by atoms with van der Waals surface area (Å²) in [6.45, 7) is 4.48. The number of methoxy groups -OCH3 is 1. The predicted octanol–water partition coefficient (Wildman–Crippen LogP) is 7.44. The highest BCUT2D eigenvalue weighted by Crippen LogP contribution is 2.38. The lowest BCUT2D eigenvalue weighted by atomic mass is 9.94. The highest BCUT2D eigenvalue weighted by molar-refractivity contribution is 6.32. The van der Waals surface area contributed by atoms with Crippen molar-refractivity contribution in [3.63, 3.8) is 0 Å². The lowest BCUT2D eigenvalue weighted by molar-refractivity contribution is 0.0922. The number of aromatic nitrogens is 1. The molecule has 1 heterocycles. The molecule has 12 heteroatoms. The van der Waals surface area contributed by atoms with Crippen molar-refractivity contribution in [2.24, 2.45) is 0 Å². The largest absolute Gasteiger partial charge is 0.503 e. The average Bonchev–Trinajstić information content (AvgIpc) is 3.01. The van der Waals surface area contributed by atoms with Crippen molar-refractivity contribution in [2.45, 2.75) is 51.5 Å². The summed E-state index contributed by atoms with van der Waals surface area (Å²) in [6.07, 6.45) is 4.59. The van der Waals surface area contributed by atoms with Crippen LogP contribution in [0.15, 0.2) is 48.5 Å². The molecule has 0 bridgehead atoms. The Kier molecular flexibility index (Phi) is 16.7. The number of nitrogens with zero attached hydrogens (tertiary/aromatic N) is 2. The quantitative estimate of drug-likeness (QED) is 0.158. The van der Waals surface area contributed by atoms with E-state index in [-0.39, 0.29) is 24.4 Å². The summed E-state index contributed by atoms with van der Waals surface area (Å²) >= 11 is 6.53. The molecule has 1 saturated carbocycles. The van der Waals surface area contributed by atoms with Gasteiger partial charge in [-0.05, 0) is 87.8 Å². The molecule has 0 saturated heterocycles. The van der Waals surface area contributed by atoms with E-state index in [0.29, 0.717) is 42.0 Å². The van der Waals surface area contributed by atoms with Crippen LogP contribution in [0.1, 0.15) is 54.6 Å². The number of aryl methyl sites for hydroxylation is 1. The fraction of sp³-hybridized carbons (Fsp3) is 0.441. The second kappa shape index (κ2) is 19.8. The normalized spacial score (nSPS) is 12.8. The molecule has 0 atom stereocenters. The van der Waals surface area contributed by atoms with Gasteiger partial charge in [0.1, 0.15) is 23.8 Å². The van der Waals surface area contributed by atoms with Crippen molar-refractivity contribution >= 4 is 36.1 Å². The van der Waals surface area contributed by atoms with Crippen LogP contribution < -0.4 is 14.8 Å². The van der Waals surface area contributed by atoms with Gasteiger partial charge in [-0.1, -0.05) is 43.0 Å². The maximum atomic E-state index is 13.3. The number of rotatable bonds is 13. The molecule has 1 fully saturated rings. The van der Waals surface area contributed by atoms with E-state index in [0.717, 1.165) is 66.7 Å². The number of hydrogen-bond donors (Lipinski definition) is 3. The molecule has 1 amide bonds. The first-order valence-electron chi connectivity index (χ1n) is 15.1. The van der Waals surface area contributed by atoms with Crippen LogP contribution in [0.2, 0.25) is 5.02 Å². The highest BCUT2D eigenvalue weighted by Gasteiger charge is 2.21. The van der Waals surface area contributed by atoms with Crippen LogP contribution >= 0.6 is 24.0 Å². The van der Waals surface area contributed by atoms with Crippen molar-refractivity contribution in [1.29, 1.82) is 0 Å². The summed E-state index contributed by atoms with van der Waals surface area (Å²) in [4.78, 5) is 28.9. The lowest BCUT2D eigenvalue weighted by Crippen LogP contribution is -2.36. The zero-order valence-corrected chi connectivity index (χ0v) is 28.5. The molecular formula is C34H45Cl2N3O7. The molecule has 0 spiro atoms. The molecule has 46 heavy (non-hydrogen) atoms. The third-order valence-electron chi connectivity index (χ3n) is 7.34. The van der Waals surface area contributed by atoms with Gasteiger partial charge in [0.05, 0.1) is 23.9 Å². The average molecular weight is 679 g/mol. The van der Waals surface area contributed by atoms with Crippen molar-refractivity contribution < 1.29 is 34.0 Å². The van der Waals surface area contributed by atoms with Gasteiger partial charge in [-0.25, -0.2) is 9.78 Å². The highest BCUT2D eigenvalue weighted by atomic mass is 35.5. The van der Waals surface area contributed by atoms with Gasteiger partial charge in [0, 0.05) is 30.8 Å². The molecule has 1 aliphatic carbocycles. The molecule has 4 rings (SSSR count). The molecule has 1 aliphatic rings. The number of hydrogen-bond acceptors (Lipinski definition) is 7. The Labute approximate surface area is 282 Å². The van der Waals surface area contributed by atoms with Crippen LogP contribution in [0.25, 0.3) is 22.4 Å². The number of amides is 1. The molecule has 0 aliphatic heterocycles. The summed E-state index contributed by atoms with van der Waals surface area (Å²) in [5.74, 6) is 1.20. The smallest absolute Gasteiger partial charge is 0.492 e. The van der Waals surface area contributed by atoms with E-state index in [1.807, 2.05) is 62.6 Å². The maximum absolute atomic E-state index is 13.3. The minimum atomic E-state index is -1.83. The van der Waals surface area contributed by atoms with Crippen LogP contribution in [0, 0.1) is 6.92 Å². The van der Waals surface area contributed by atoms with Crippen LogP contribution in [-0.2, 0) is 4.74 Å². The predicted molar refractivity (Wildman–Crippen MR) is 183 cm³/mol. The van der Waals surface area contributed by atoms with E-state index in [4.69, 9.17) is 45.8 Å². The SMILES string of the molecule is COCCOc1ccc(C)c(-c2ccc(C(=O)NC3CCCCC3)nc2-c2ccc(Cl)c(OCCCN(C)C)c2)c1.Cl.O=C(O)O. The van der Waals surface area contributed by atoms with Crippen LogP contribution in [0.3, 0.4) is 0 Å². The van der Waals surface area contributed by atoms with Crippen molar-refractivity contribution in [3.05, 3.63) is 64.8 Å². The fourth-order valence-corrected chi connectivity index (χ4v) is 5.25. The third-order valence-corrected chi connectivity index (χ3v) is 7.65. The Morgan fingerprint density at radius 1 is 0.957 bits per heavy atom. The standard InChI is InChI=1S/C33H42ClN3O4.CH2O3.ClH/c1-23-11-13-26(40-20-19-39-4)22-28(23)27-14-16-30(33(38)35-25-9-6-5-7-10-25)36-32(27)24-12-15-29(34)31(21-24)41-18-8-17-37(2)3;2-1(3)4;/h11-16,21-22,25H,5-10,17-20H2,1-4H3,(H,35,38);(H2,2,3,4);1H. The van der Waals surface area contributed by atoms with Gasteiger partial charge < -0.3 is 34.6 Å². The first kappa shape index (κ1) is 38.6. The Bertz CT molecular complexity index is 1410. The zero-order valence-electron chi connectivity index (χ0n) is 26.9. The number of pyridine rings is 1. The molecule has 3 N–H and O–H groups in total. The van der Waals surface area contributed by atoms with E-state index in [9.17, 15) is 4.79 Å². The van der Waals surface area contributed by atoms with Crippen LogP contribution in [-0.4, -0.2) is 85.8 Å². The molecule has 3 aromatic rings. The topological polar surface area (TPSA) is 130 Å². The van der Waals surface area contributed by atoms with Gasteiger partial charge in [-0.3, -0.25) is 4.79 Å². The molecule has 2 aromatic carbocycles. The first-order chi connectivity index (χ1) is 21.6. The van der Waals surface area contributed by atoms with Crippen LogP contribution in [0.5, 0.6) is 11.5 Å². The summed E-state index contributed by atoms with van der Waals surface area (Å²) in [6, 6.07) is 15.7.